The Bertz CT molecular complexity index is 514. The van der Waals surface area contributed by atoms with Crippen LogP contribution < -0.4 is 9.64 Å². The van der Waals surface area contributed by atoms with Crippen LogP contribution in [0.4, 0.5) is 5.69 Å². The van der Waals surface area contributed by atoms with E-state index in [1.54, 1.807) is 13.4 Å². The standard InChI is InChI=1S/C13H17N3O/c1-17-10-7-11-13(15-9-14-11)12(8-10)16-5-3-2-4-6-16/h7-9H,2-6H2,1H3,(H,14,15). The van der Waals surface area contributed by atoms with E-state index in [0.717, 1.165) is 29.9 Å². The molecule has 0 aliphatic carbocycles. The molecule has 2 heterocycles. The molecule has 0 unspecified atom stereocenters. The van der Waals surface area contributed by atoms with Gasteiger partial charge in [-0.1, -0.05) is 0 Å². The number of rotatable bonds is 2. The number of ether oxygens (including phenoxy) is 1. The first kappa shape index (κ1) is 10.4. The number of aromatic nitrogens is 2. The highest BCUT2D eigenvalue weighted by molar-refractivity contribution is 5.90. The SMILES string of the molecule is COc1cc(N2CCCCC2)c2nc[nH]c2c1. The lowest BCUT2D eigenvalue weighted by Gasteiger charge is -2.29. The summed E-state index contributed by atoms with van der Waals surface area (Å²) in [6.07, 6.45) is 5.62. The zero-order valence-electron chi connectivity index (χ0n) is 10.1. The maximum absolute atomic E-state index is 5.35. The van der Waals surface area contributed by atoms with Crippen molar-refractivity contribution in [2.45, 2.75) is 19.3 Å². The first-order chi connectivity index (χ1) is 8.38. The molecule has 0 atom stereocenters. The summed E-state index contributed by atoms with van der Waals surface area (Å²) in [4.78, 5) is 9.98. The zero-order chi connectivity index (χ0) is 11.7. The van der Waals surface area contributed by atoms with Gasteiger partial charge in [0.15, 0.2) is 0 Å². The third-order valence-electron chi connectivity index (χ3n) is 3.41. The predicted octanol–water partition coefficient (Wildman–Crippen LogP) is 2.56. The molecule has 1 aliphatic heterocycles. The molecule has 1 aliphatic rings. The minimum Gasteiger partial charge on any atom is -0.497 e. The Labute approximate surface area is 101 Å². The molecule has 1 fully saturated rings. The molecule has 3 rings (SSSR count). The summed E-state index contributed by atoms with van der Waals surface area (Å²) in [5.41, 5.74) is 3.29. The average Bonchev–Trinajstić information content (AvgIpc) is 2.86. The van der Waals surface area contributed by atoms with Crippen molar-refractivity contribution in [3.63, 3.8) is 0 Å². The average molecular weight is 231 g/mol. The van der Waals surface area contributed by atoms with Gasteiger partial charge < -0.3 is 14.6 Å². The van der Waals surface area contributed by atoms with Crippen molar-refractivity contribution in [3.05, 3.63) is 18.5 Å². The second kappa shape index (κ2) is 4.28. The van der Waals surface area contributed by atoms with Gasteiger partial charge >= 0.3 is 0 Å². The van der Waals surface area contributed by atoms with Crippen molar-refractivity contribution in [2.75, 3.05) is 25.1 Å². The lowest BCUT2D eigenvalue weighted by Crippen LogP contribution is -2.29. The van der Waals surface area contributed by atoms with Gasteiger partial charge in [-0.3, -0.25) is 0 Å². The van der Waals surface area contributed by atoms with Crippen LogP contribution >= 0.6 is 0 Å². The number of H-pyrrole nitrogens is 1. The molecule has 4 heteroatoms. The van der Waals surface area contributed by atoms with Crippen molar-refractivity contribution in [3.8, 4) is 5.75 Å². The van der Waals surface area contributed by atoms with Crippen LogP contribution in [0.1, 0.15) is 19.3 Å². The first-order valence-electron chi connectivity index (χ1n) is 6.14. The Morgan fingerprint density at radius 1 is 1.24 bits per heavy atom. The highest BCUT2D eigenvalue weighted by atomic mass is 16.5. The van der Waals surface area contributed by atoms with Crippen LogP contribution in [0.25, 0.3) is 11.0 Å². The molecule has 0 bridgehead atoms. The van der Waals surface area contributed by atoms with Crippen LogP contribution in [0, 0.1) is 0 Å². The van der Waals surface area contributed by atoms with Gasteiger partial charge in [-0.05, 0) is 19.3 Å². The van der Waals surface area contributed by atoms with Crippen LogP contribution in [0.5, 0.6) is 5.75 Å². The number of nitrogens with one attached hydrogen (secondary N) is 1. The summed E-state index contributed by atoms with van der Waals surface area (Å²) in [6.45, 7) is 2.24. The van der Waals surface area contributed by atoms with Crippen molar-refractivity contribution < 1.29 is 4.74 Å². The van der Waals surface area contributed by atoms with E-state index in [0.29, 0.717) is 0 Å². The molecule has 1 saturated heterocycles. The van der Waals surface area contributed by atoms with E-state index in [2.05, 4.69) is 20.9 Å². The number of piperidine rings is 1. The topological polar surface area (TPSA) is 41.1 Å². The molecule has 0 radical (unpaired) electrons. The van der Waals surface area contributed by atoms with E-state index in [1.807, 2.05) is 6.07 Å². The van der Waals surface area contributed by atoms with E-state index >= 15 is 0 Å². The zero-order valence-corrected chi connectivity index (χ0v) is 10.1. The third kappa shape index (κ3) is 1.84. The molecular weight excluding hydrogens is 214 g/mol. The van der Waals surface area contributed by atoms with E-state index in [9.17, 15) is 0 Å². The van der Waals surface area contributed by atoms with Crippen LogP contribution in [-0.2, 0) is 0 Å². The summed E-state index contributed by atoms with van der Waals surface area (Å²) in [7, 11) is 1.71. The predicted molar refractivity (Wildman–Crippen MR) is 68.7 cm³/mol. The van der Waals surface area contributed by atoms with E-state index in [4.69, 9.17) is 4.74 Å². The molecule has 90 valence electrons. The molecule has 2 aromatic rings. The monoisotopic (exact) mass is 231 g/mol. The van der Waals surface area contributed by atoms with Crippen LogP contribution in [-0.4, -0.2) is 30.2 Å². The summed E-state index contributed by atoms with van der Waals surface area (Å²) in [5.74, 6) is 0.891. The highest BCUT2D eigenvalue weighted by Crippen LogP contribution is 2.31. The Morgan fingerprint density at radius 3 is 2.82 bits per heavy atom. The summed E-state index contributed by atoms with van der Waals surface area (Å²) in [6, 6.07) is 4.09. The fraction of sp³-hybridized carbons (Fsp3) is 0.462. The minimum atomic E-state index is 0.891. The summed E-state index contributed by atoms with van der Waals surface area (Å²) in [5, 5.41) is 0. The van der Waals surface area contributed by atoms with Gasteiger partial charge in [-0.2, -0.15) is 0 Å². The van der Waals surface area contributed by atoms with Crippen LogP contribution in [0.15, 0.2) is 18.5 Å². The number of benzene rings is 1. The van der Waals surface area contributed by atoms with Gasteiger partial charge in [-0.25, -0.2) is 4.98 Å². The second-order valence-corrected chi connectivity index (χ2v) is 4.49. The molecule has 1 aromatic heterocycles. The fourth-order valence-corrected chi connectivity index (χ4v) is 2.50. The minimum absolute atomic E-state index is 0.891. The van der Waals surface area contributed by atoms with Gasteiger partial charge in [0.2, 0.25) is 0 Å². The molecule has 0 spiro atoms. The fourth-order valence-electron chi connectivity index (χ4n) is 2.50. The molecule has 0 amide bonds. The number of nitrogens with zero attached hydrogens (tertiary/aromatic N) is 2. The number of methoxy groups -OCH3 is 1. The largest absolute Gasteiger partial charge is 0.497 e. The third-order valence-corrected chi connectivity index (χ3v) is 3.41. The Morgan fingerprint density at radius 2 is 2.06 bits per heavy atom. The maximum Gasteiger partial charge on any atom is 0.123 e. The molecule has 4 nitrogen and oxygen atoms in total. The van der Waals surface area contributed by atoms with Gasteiger partial charge in [0.05, 0.1) is 24.6 Å². The van der Waals surface area contributed by atoms with E-state index in [1.165, 1.54) is 24.9 Å². The Balaban J connectivity index is 2.08. The number of aromatic amines is 1. The summed E-state index contributed by atoms with van der Waals surface area (Å²) < 4.78 is 5.35. The van der Waals surface area contributed by atoms with Gasteiger partial charge in [0.1, 0.15) is 11.3 Å². The lowest BCUT2D eigenvalue weighted by molar-refractivity contribution is 0.415. The number of hydrogen-bond donors (Lipinski definition) is 1. The highest BCUT2D eigenvalue weighted by Gasteiger charge is 2.16. The molecule has 17 heavy (non-hydrogen) atoms. The van der Waals surface area contributed by atoms with E-state index < -0.39 is 0 Å². The number of fused-ring (bicyclic) bond motifs is 1. The summed E-state index contributed by atoms with van der Waals surface area (Å²) >= 11 is 0. The smallest absolute Gasteiger partial charge is 0.123 e. The quantitative estimate of drug-likeness (QED) is 0.863. The molecule has 1 aromatic carbocycles. The van der Waals surface area contributed by atoms with Crippen molar-refractivity contribution >= 4 is 16.7 Å². The van der Waals surface area contributed by atoms with Crippen molar-refractivity contribution in [1.29, 1.82) is 0 Å². The molecule has 0 saturated carbocycles. The van der Waals surface area contributed by atoms with Gasteiger partial charge in [-0.15, -0.1) is 0 Å². The number of imidazole rings is 1. The van der Waals surface area contributed by atoms with Crippen molar-refractivity contribution in [2.24, 2.45) is 0 Å². The normalized spacial score (nSPS) is 16.4. The van der Waals surface area contributed by atoms with Gasteiger partial charge in [0.25, 0.3) is 0 Å². The first-order valence-corrected chi connectivity index (χ1v) is 6.14. The Hall–Kier alpha value is -1.71. The van der Waals surface area contributed by atoms with Crippen LogP contribution in [0.2, 0.25) is 0 Å². The van der Waals surface area contributed by atoms with Crippen molar-refractivity contribution in [1.82, 2.24) is 9.97 Å². The maximum atomic E-state index is 5.35. The number of anilines is 1. The molecular formula is C13H17N3O. The van der Waals surface area contributed by atoms with Gasteiger partial charge in [0, 0.05) is 25.2 Å². The second-order valence-electron chi connectivity index (χ2n) is 4.49. The van der Waals surface area contributed by atoms with Crippen LogP contribution in [0.3, 0.4) is 0 Å². The van der Waals surface area contributed by atoms with E-state index in [-0.39, 0.29) is 0 Å². The lowest BCUT2D eigenvalue weighted by atomic mass is 10.1. The number of hydrogen-bond acceptors (Lipinski definition) is 3. The Kier molecular flexibility index (Phi) is 2.63. The molecule has 1 N–H and O–H groups in total.